The maximum absolute atomic E-state index is 14.4. The highest BCUT2D eigenvalue weighted by molar-refractivity contribution is 9.10. The molecule has 4 heteroatoms. The molecule has 80 valence electrons. The first-order chi connectivity index (χ1) is 7.13. The first-order valence-electron chi connectivity index (χ1n) is 4.86. The first-order valence-corrected chi connectivity index (χ1v) is 5.65. The Hall–Kier alpha value is -0.900. The Morgan fingerprint density at radius 1 is 1.33 bits per heavy atom. The summed E-state index contributed by atoms with van der Waals surface area (Å²) in [4.78, 5) is 11.5. The van der Waals surface area contributed by atoms with E-state index in [0.717, 1.165) is 4.47 Å². The van der Waals surface area contributed by atoms with Gasteiger partial charge in [-0.1, -0.05) is 28.1 Å². The van der Waals surface area contributed by atoms with Gasteiger partial charge in [-0.15, -0.1) is 0 Å². The molecule has 1 aromatic rings. The molecule has 1 fully saturated rings. The summed E-state index contributed by atoms with van der Waals surface area (Å²) in [7, 11) is 0. The summed E-state index contributed by atoms with van der Waals surface area (Å²) in [6.45, 7) is 0.570. The normalized spacial score (nSPS) is 26.1. The van der Waals surface area contributed by atoms with Gasteiger partial charge in [0.25, 0.3) is 5.91 Å². The lowest BCUT2D eigenvalue weighted by Crippen LogP contribution is -2.46. The minimum absolute atomic E-state index is 0.264. The molecule has 2 rings (SSSR count). The van der Waals surface area contributed by atoms with E-state index < -0.39 is 11.6 Å². The lowest BCUT2D eigenvalue weighted by atomic mass is 9.88. The molecule has 1 aromatic carbocycles. The summed E-state index contributed by atoms with van der Waals surface area (Å²) >= 11 is 3.28. The fourth-order valence-corrected chi connectivity index (χ4v) is 2.04. The molecule has 15 heavy (non-hydrogen) atoms. The van der Waals surface area contributed by atoms with E-state index in [1.807, 2.05) is 0 Å². The quantitative estimate of drug-likeness (QED) is 0.836. The zero-order valence-corrected chi connectivity index (χ0v) is 9.68. The summed E-state index contributed by atoms with van der Waals surface area (Å²) in [5.41, 5.74) is -1.42. The number of carbonyl (C=O) groups excluding carboxylic acids is 1. The Bertz CT molecular complexity index is 379. The van der Waals surface area contributed by atoms with Crippen molar-refractivity contribution in [2.45, 2.75) is 18.5 Å². The molecule has 0 saturated carbocycles. The second-order valence-corrected chi connectivity index (χ2v) is 4.58. The summed E-state index contributed by atoms with van der Waals surface area (Å²) in [5.74, 6) is -0.518. The average molecular weight is 272 g/mol. The summed E-state index contributed by atoms with van der Waals surface area (Å²) in [6, 6.07) is 6.79. The minimum atomic E-state index is -1.85. The van der Waals surface area contributed by atoms with E-state index in [-0.39, 0.29) is 6.42 Å². The fraction of sp³-hybridized carbons (Fsp3) is 0.364. The molecule has 1 unspecified atom stereocenters. The van der Waals surface area contributed by atoms with Gasteiger partial charge in [0.1, 0.15) is 0 Å². The number of piperidine rings is 1. The first kappa shape index (κ1) is 10.6. The van der Waals surface area contributed by atoms with Crippen molar-refractivity contribution in [1.82, 2.24) is 5.32 Å². The van der Waals surface area contributed by atoms with Crippen LogP contribution in [0, 0.1) is 0 Å². The summed E-state index contributed by atoms with van der Waals surface area (Å²) in [5, 5.41) is 2.56. The van der Waals surface area contributed by atoms with Crippen LogP contribution in [0.1, 0.15) is 18.4 Å². The largest absolute Gasteiger partial charge is 0.353 e. The third-order valence-corrected chi connectivity index (χ3v) is 3.17. The number of alkyl halides is 1. The molecule has 0 aliphatic carbocycles. The zero-order valence-electron chi connectivity index (χ0n) is 8.09. The molecule has 1 aliphatic heterocycles. The second kappa shape index (κ2) is 3.93. The van der Waals surface area contributed by atoms with Crippen molar-refractivity contribution in [2.75, 3.05) is 6.54 Å². The predicted molar refractivity (Wildman–Crippen MR) is 59.2 cm³/mol. The van der Waals surface area contributed by atoms with E-state index in [4.69, 9.17) is 0 Å². The Morgan fingerprint density at radius 2 is 2.00 bits per heavy atom. The molecule has 0 bridgehead atoms. The molecule has 0 spiro atoms. The van der Waals surface area contributed by atoms with Gasteiger partial charge < -0.3 is 5.32 Å². The Labute approximate surface area is 96.0 Å². The lowest BCUT2D eigenvalue weighted by molar-refractivity contribution is -0.136. The van der Waals surface area contributed by atoms with Gasteiger partial charge in [-0.05, 0) is 30.5 Å². The van der Waals surface area contributed by atoms with Crippen molar-refractivity contribution >= 4 is 21.8 Å². The maximum atomic E-state index is 14.4. The van der Waals surface area contributed by atoms with Gasteiger partial charge in [-0.3, -0.25) is 4.79 Å². The lowest BCUT2D eigenvalue weighted by Gasteiger charge is -2.28. The van der Waals surface area contributed by atoms with Crippen molar-refractivity contribution < 1.29 is 9.18 Å². The van der Waals surface area contributed by atoms with Crippen LogP contribution in [0.25, 0.3) is 0 Å². The number of nitrogens with one attached hydrogen (secondary N) is 1. The van der Waals surface area contributed by atoms with Crippen molar-refractivity contribution in [1.29, 1.82) is 0 Å². The van der Waals surface area contributed by atoms with Gasteiger partial charge in [0, 0.05) is 11.0 Å². The third kappa shape index (κ3) is 1.91. The number of hydrogen-bond acceptors (Lipinski definition) is 1. The van der Waals surface area contributed by atoms with Crippen LogP contribution in [-0.2, 0) is 10.5 Å². The molecule has 1 aliphatic rings. The van der Waals surface area contributed by atoms with E-state index in [2.05, 4.69) is 21.2 Å². The van der Waals surface area contributed by atoms with Crippen LogP contribution in [0.15, 0.2) is 28.7 Å². The predicted octanol–water partition coefficient (Wildman–Crippen LogP) is 2.52. The fourth-order valence-electron chi connectivity index (χ4n) is 1.78. The van der Waals surface area contributed by atoms with Crippen LogP contribution >= 0.6 is 15.9 Å². The van der Waals surface area contributed by atoms with Crippen molar-refractivity contribution in [3.8, 4) is 0 Å². The monoisotopic (exact) mass is 271 g/mol. The molecule has 1 heterocycles. The highest BCUT2D eigenvalue weighted by Crippen LogP contribution is 2.34. The van der Waals surface area contributed by atoms with Gasteiger partial charge in [0.2, 0.25) is 5.67 Å². The van der Waals surface area contributed by atoms with Crippen molar-refractivity contribution in [3.05, 3.63) is 34.3 Å². The van der Waals surface area contributed by atoms with Crippen molar-refractivity contribution in [2.24, 2.45) is 0 Å². The standard InChI is InChI=1S/C11H11BrFNO/c12-9-4-2-8(3-5-9)11(13)6-1-7-14-10(11)15/h2-5H,1,6-7H2,(H,14,15). The summed E-state index contributed by atoms with van der Waals surface area (Å²) < 4.78 is 15.3. The van der Waals surface area contributed by atoms with Gasteiger partial charge in [0.15, 0.2) is 0 Å². The van der Waals surface area contributed by atoms with E-state index in [9.17, 15) is 9.18 Å². The Morgan fingerprint density at radius 3 is 2.60 bits per heavy atom. The molecule has 1 saturated heterocycles. The molecule has 1 N–H and O–H groups in total. The van der Waals surface area contributed by atoms with E-state index in [1.54, 1.807) is 24.3 Å². The van der Waals surface area contributed by atoms with Crippen LogP contribution in [-0.4, -0.2) is 12.5 Å². The van der Waals surface area contributed by atoms with Crippen molar-refractivity contribution in [3.63, 3.8) is 0 Å². The van der Waals surface area contributed by atoms with Crippen LogP contribution in [0.3, 0.4) is 0 Å². The summed E-state index contributed by atoms with van der Waals surface area (Å²) in [6.07, 6.45) is 0.943. The van der Waals surface area contributed by atoms with Gasteiger partial charge in [-0.25, -0.2) is 4.39 Å². The SMILES string of the molecule is O=C1NCCCC1(F)c1ccc(Br)cc1. The molecule has 0 aromatic heterocycles. The molecule has 0 radical (unpaired) electrons. The Balaban J connectivity index is 2.35. The van der Waals surface area contributed by atoms with E-state index in [1.165, 1.54) is 0 Å². The number of rotatable bonds is 1. The minimum Gasteiger partial charge on any atom is -0.353 e. The van der Waals surface area contributed by atoms with E-state index >= 15 is 0 Å². The second-order valence-electron chi connectivity index (χ2n) is 3.67. The molecule has 1 atom stereocenters. The molecule has 2 nitrogen and oxygen atoms in total. The van der Waals surface area contributed by atoms with Crippen LogP contribution in [0.2, 0.25) is 0 Å². The number of amides is 1. The number of halogens is 2. The van der Waals surface area contributed by atoms with Gasteiger partial charge in [-0.2, -0.15) is 0 Å². The van der Waals surface area contributed by atoms with Gasteiger partial charge in [0.05, 0.1) is 0 Å². The average Bonchev–Trinajstić information content (AvgIpc) is 2.23. The van der Waals surface area contributed by atoms with Crippen LogP contribution < -0.4 is 5.32 Å². The zero-order chi connectivity index (χ0) is 10.9. The molecular weight excluding hydrogens is 261 g/mol. The maximum Gasteiger partial charge on any atom is 0.262 e. The Kier molecular flexibility index (Phi) is 2.78. The number of hydrogen-bond donors (Lipinski definition) is 1. The van der Waals surface area contributed by atoms with Crippen LogP contribution in [0.4, 0.5) is 4.39 Å². The number of carbonyl (C=O) groups is 1. The van der Waals surface area contributed by atoms with Gasteiger partial charge >= 0.3 is 0 Å². The number of benzene rings is 1. The highest BCUT2D eigenvalue weighted by atomic mass is 79.9. The highest BCUT2D eigenvalue weighted by Gasteiger charge is 2.42. The molecule has 1 amide bonds. The van der Waals surface area contributed by atoms with Crippen LogP contribution in [0.5, 0.6) is 0 Å². The van der Waals surface area contributed by atoms with E-state index in [0.29, 0.717) is 18.5 Å². The third-order valence-electron chi connectivity index (χ3n) is 2.65. The smallest absolute Gasteiger partial charge is 0.262 e. The molecular formula is C11H11BrFNO. The topological polar surface area (TPSA) is 29.1 Å².